The maximum absolute atomic E-state index is 6.00. The van der Waals surface area contributed by atoms with Crippen molar-refractivity contribution in [2.45, 2.75) is 0 Å². The highest BCUT2D eigenvalue weighted by Gasteiger charge is 1.97. The van der Waals surface area contributed by atoms with Gasteiger partial charge in [0.1, 0.15) is 0 Å². The van der Waals surface area contributed by atoms with Crippen LogP contribution in [0.25, 0.3) is 11.1 Å². The number of nitrogen functional groups attached to an aromatic ring is 2. The Bertz CT molecular complexity index is 411. The average Bonchev–Trinajstić information content (AvgIpc) is 2.49. The lowest BCUT2D eigenvalue weighted by molar-refractivity contribution is -0.176. The predicted molar refractivity (Wildman–Crippen MR) is 72.8 cm³/mol. The van der Waals surface area contributed by atoms with Crippen LogP contribution in [0.5, 0.6) is 0 Å². The lowest BCUT2D eigenvalue weighted by Crippen LogP contribution is -2.06. The van der Waals surface area contributed by atoms with Gasteiger partial charge in [0.2, 0.25) is 0 Å². The van der Waals surface area contributed by atoms with Crippen LogP contribution in [-0.4, -0.2) is 10.5 Å². The number of nitrogens with two attached hydrogens (primary N) is 2. The van der Waals surface area contributed by atoms with Crippen LogP contribution in [0.15, 0.2) is 48.5 Å². The molecule has 0 spiro atoms. The Labute approximate surface area is 105 Å². The summed E-state index contributed by atoms with van der Waals surface area (Å²) < 4.78 is 0. The van der Waals surface area contributed by atoms with Gasteiger partial charge in [-0.3, -0.25) is 22.2 Å². The van der Waals surface area contributed by atoms with Gasteiger partial charge in [-0.25, -0.2) is 0 Å². The third-order valence-electron chi connectivity index (χ3n) is 2.44. The molecule has 0 amide bonds. The molecule has 2 aromatic rings. The summed E-state index contributed by atoms with van der Waals surface area (Å²) in [6.07, 6.45) is 0. The lowest BCUT2D eigenvalue weighted by atomic mass is 10.1. The average molecular weight is 248 g/mol. The number of nitrogens with one attached hydrogen (secondary N) is 2. The minimum absolute atomic E-state index is 0.893. The van der Waals surface area contributed by atoms with Gasteiger partial charge in [0.25, 0.3) is 0 Å². The van der Waals surface area contributed by atoms with Crippen LogP contribution in [0.3, 0.4) is 0 Å². The SMILES string of the molecule is NNc1ccc(-c2ccc(NN)cc2)cc1.OO. The molecule has 0 saturated carbocycles. The van der Waals surface area contributed by atoms with Crippen molar-refractivity contribution in [3.05, 3.63) is 48.5 Å². The second kappa shape index (κ2) is 7.25. The second-order valence-corrected chi connectivity index (χ2v) is 3.44. The van der Waals surface area contributed by atoms with Gasteiger partial charge in [0.05, 0.1) is 0 Å². The molecule has 96 valence electrons. The van der Waals surface area contributed by atoms with Crippen LogP contribution < -0.4 is 22.5 Å². The molecule has 0 aliphatic heterocycles. The maximum Gasteiger partial charge on any atom is 0.0485 e. The number of anilines is 2. The molecule has 0 heterocycles. The van der Waals surface area contributed by atoms with Gasteiger partial charge in [0.15, 0.2) is 0 Å². The van der Waals surface area contributed by atoms with Crippen molar-refractivity contribution in [2.75, 3.05) is 10.9 Å². The first kappa shape index (κ1) is 13.9. The molecule has 18 heavy (non-hydrogen) atoms. The second-order valence-electron chi connectivity index (χ2n) is 3.44. The van der Waals surface area contributed by atoms with Crippen molar-refractivity contribution in [2.24, 2.45) is 11.7 Å². The van der Waals surface area contributed by atoms with Crippen molar-refractivity contribution in [3.63, 3.8) is 0 Å². The van der Waals surface area contributed by atoms with Crippen LogP contribution >= 0.6 is 0 Å². The smallest absolute Gasteiger partial charge is 0.0485 e. The fourth-order valence-electron chi connectivity index (χ4n) is 1.52. The van der Waals surface area contributed by atoms with Gasteiger partial charge in [-0.1, -0.05) is 24.3 Å². The zero-order valence-corrected chi connectivity index (χ0v) is 9.67. The van der Waals surface area contributed by atoms with Crippen LogP contribution in [-0.2, 0) is 0 Å². The van der Waals surface area contributed by atoms with E-state index >= 15 is 0 Å². The molecular formula is C12H16N4O2. The normalized spacial score (nSPS) is 9.11. The Morgan fingerprint density at radius 3 is 1.11 bits per heavy atom. The topological polar surface area (TPSA) is 117 Å². The van der Waals surface area contributed by atoms with Crippen molar-refractivity contribution in [1.29, 1.82) is 0 Å². The van der Waals surface area contributed by atoms with Crippen molar-refractivity contribution >= 4 is 11.4 Å². The summed E-state index contributed by atoms with van der Waals surface area (Å²) in [7, 11) is 0. The number of hydrogen-bond acceptors (Lipinski definition) is 6. The summed E-state index contributed by atoms with van der Waals surface area (Å²) in [5.74, 6) is 10.6. The highest BCUT2D eigenvalue weighted by atomic mass is 17.0. The Kier molecular flexibility index (Phi) is 5.62. The van der Waals surface area contributed by atoms with E-state index in [4.69, 9.17) is 22.2 Å². The largest absolute Gasteiger partial charge is 0.324 e. The van der Waals surface area contributed by atoms with E-state index in [1.807, 2.05) is 48.5 Å². The summed E-state index contributed by atoms with van der Waals surface area (Å²) in [5.41, 5.74) is 9.26. The molecule has 2 rings (SSSR count). The van der Waals surface area contributed by atoms with E-state index in [9.17, 15) is 0 Å². The number of hydrazine groups is 2. The van der Waals surface area contributed by atoms with E-state index in [2.05, 4.69) is 10.9 Å². The van der Waals surface area contributed by atoms with Gasteiger partial charge < -0.3 is 10.9 Å². The van der Waals surface area contributed by atoms with Crippen LogP contribution in [0.4, 0.5) is 11.4 Å². The molecule has 0 aromatic heterocycles. The molecule has 0 radical (unpaired) electrons. The van der Waals surface area contributed by atoms with Gasteiger partial charge in [0, 0.05) is 11.4 Å². The number of benzene rings is 2. The van der Waals surface area contributed by atoms with E-state index in [-0.39, 0.29) is 0 Å². The Morgan fingerprint density at radius 1 is 0.611 bits per heavy atom. The van der Waals surface area contributed by atoms with Gasteiger partial charge in [-0.2, -0.15) is 0 Å². The minimum Gasteiger partial charge on any atom is -0.324 e. The fourth-order valence-corrected chi connectivity index (χ4v) is 1.52. The monoisotopic (exact) mass is 248 g/mol. The van der Waals surface area contributed by atoms with E-state index in [0.717, 1.165) is 22.5 Å². The third kappa shape index (κ3) is 3.44. The Hall–Kier alpha value is -2.12. The minimum atomic E-state index is 0.893. The van der Waals surface area contributed by atoms with Crippen molar-refractivity contribution < 1.29 is 10.5 Å². The number of hydrogen-bond donors (Lipinski definition) is 6. The molecule has 0 aliphatic rings. The van der Waals surface area contributed by atoms with Crippen LogP contribution in [0.1, 0.15) is 0 Å². The van der Waals surface area contributed by atoms with Crippen molar-refractivity contribution in [1.82, 2.24) is 0 Å². The fraction of sp³-hybridized carbons (Fsp3) is 0. The van der Waals surface area contributed by atoms with E-state index in [1.54, 1.807) is 0 Å². The first-order valence-corrected chi connectivity index (χ1v) is 5.17. The molecule has 8 N–H and O–H groups in total. The maximum atomic E-state index is 6.00. The first-order chi connectivity index (χ1) is 8.83. The van der Waals surface area contributed by atoms with Crippen LogP contribution in [0.2, 0.25) is 0 Å². The zero-order valence-electron chi connectivity index (χ0n) is 9.67. The Morgan fingerprint density at radius 2 is 0.889 bits per heavy atom. The number of rotatable bonds is 3. The lowest BCUT2D eigenvalue weighted by Gasteiger charge is -2.05. The molecule has 2 aromatic carbocycles. The molecule has 6 heteroatoms. The van der Waals surface area contributed by atoms with Crippen molar-refractivity contribution in [3.8, 4) is 11.1 Å². The standard InChI is InChI=1S/C12H14N4.H2O2/c13-15-11-5-1-9(2-6-11)10-3-7-12(16-14)8-4-10;1-2/h1-8,15-16H,13-14H2;1-2H. The Balaban J connectivity index is 0.000000771. The molecule has 6 nitrogen and oxygen atoms in total. The van der Waals surface area contributed by atoms with Gasteiger partial charge >= 0.3 is 0 Å². The summed E-state index contributed by atoms with van der Waals surface area (Å²) >= 11 is 0. The molecule has 0 aliphatic carbocycles. The van der Waals surface area contributed by atoms with E-state index in [1.165, 1.54) is 0 Å². The summed E-state index contributed by atoms with van der Waals surface area (Å²) in [6, 6.07) is 15.8. The van der Waals surface area contributed by atoms with Crippen LogP contribution in [0, 0.1) is 0 Å². The predicted octanol–water partition coefficient (Wildman–Crippen LogP) is 1.94. The summed E-state index contributed by atoms with van der Waals surface area (Å²) in [6.45, 7) is 0. The molecule has 0 unspecified atom stereocenters. The molecule has 0 fully saturated rings. The molecule has 0 bridgehead atoms. The van der Waals surface area contributed by atoms with Gasteiger partial charge in [-0.15, -0.1) is 0 Å². The summed E-state index contributed by atoms with van der Waals surface area (Å²) in [5, 5.41) is 12.0. The molecule has 0 saturated heterocycles. The highest BCUT2D eigenvalue weighted by molar-refractivity contribution is 5.67. The third-order valence-corrected chi connectivity index (χ3v) is 2.44. The summed E-state index contributed by atoms with van der Waals surface area (Å²) in [4.78, 5) is 0. The quantitative estimate of drug-likeness (QED) is 0.281. The molecule has 0 atom stereocenters. The van der Waals surface area contributed by atoms with Gasteiger partial charge in [-0.05, 0) is 35.4 Å². The molecular weight excluding hydrogens is 232 g/mol. The zero-order chi connectivity index (χ0) is 13.4. The van der Waals surface area contributed by atoms with E-state index in [0.29, 0.717) is 0 Å². The highest BCUT2D eigenvalue weighted by Crippen LogP contribution is 2.22. The first-order valence-electron chi connectivity index (χ1n) is 5.17. The van der Waals surface area contributed by atoms with E-state index < -0.39 is 0 Å².